The van der Waals surface area contributed by atoms with Crippen LogP contribution in [0.1, 0.15) is 0 Å². The summed E-state index contributed by atoms with van der Waals surface area (Å²) >= 11 is 0. The zero-order valence-electron chi connectivity index (χ0n) is 5.02. The van der Waals surface area contributed by atoms with Crippen LogP contribution in [-0.4, -0.2) is 30.7 Å². The number of hydrogen-bond acceptors (Lipinski definition) is 4. The highest BCUT2D eigenvalue weighted by molar-refractivity contribution is 7.85. The summed E-state index contributed by atoms with van der Waals surface area (Å²) in [4.78, 5) is 10.1. The first-order chi connectivity index (χ1) is 4.33. The fourth-order valence-corrected chi connectivity index (χ4v) is 0.927. The van der Waals surface area contributed by atoms with Gasteiger partial charge in [-0.15, -0.1) is 0 Å². The van der Waals surface area contributed by atoms with E-state index in [1.54, 1.807) is 0 Å². The molecule has 5 N–H and O–H groups in total. The lowest BCUT2D eigenvalue weighted by atomic mass is 10.4. The summed E-state index contributed by atoms with van der Waals surface area (Å²) in [5, 5.41) is 0. The van der Waals surface area contributed by atoms with E-state index in [2.05, 4.69) is 5.73 Å². The molecule has 0 aromatic carbocycles. The van der Waals surface area contributed by atoms with Gasteiger partial charge in [0.25, 0.3) is 10.1 Å². The molecule has 0 saturated carbocycles. The number of amides is 1. The minimum atomic E-state index is -4.19. The van der Waals surface area contributed by atoms with Crippen LogP contribution >= 0.6 is 0 Å². The van der Waals surface area contributed by atoms with E-state index in [0.29, 0.717) is 0 Å². The molecule has 0 rings (SSSR count). The van der Waals surface area contributed by atoms with E-state index in [9.17, 15) is 13.2 Å². The standard InChI is InChI=1S/C3H8N2O4S/c4-2(3(5)6)1-10(7,8)9/h2H,1,4H2,(H2,5,6)(H,7,8,9)/t2-/m1/s1. The van der Waals surface area contributed by atoms with Crippen molar-refractivity contribution in [1.29, 1.82) is 0 Å². The average Bonchev–Trinajstić information content (AvgIpc) is 1.60. The maximum absolute atomic E-state index is 10.1. The third-order valence-corrected chi connectivity index (χ3v) is 1.54. The number of nitrogens with two attached hydrogens (primary N) is 2. The summed E-state index contributed by atoms with van der Waals surface area (Å²) in [7, 11) is -4.19. The molecule has 0 aliphatic carbocycles. The molecule has 0 spiro atoms. The second kappa shape index (κ2) is 2.95. The topological polar surface area (TPSA) is 123 Å². The molecule has 1 atom stereocenters. The van der Waals surface area contributed by atoms with Crippen LogP contribution in [0.15, 0.2) is 0 Å². The Morgan fingerprint density at radius 2 is 2.00 bits per heavy atom. The summed E-state index contributed by atoms with van der Waals surface area (Å²) in [6, 6.07) is -1.34. The van der Waals surface area contributed by atoms with Crippen molar-refractivity contribution in [2.45, 2.75) is 6.04 Å². The Kier molecular flexibility index (Phi) is 2.76. The Hall–Kier alpha value is -0.660. The Labute approximate surface area is 57.9 Å². The predicted molar refractivity (Wildman–Crippen MR) is 33.6 cm³/mol. The lowest BCUT2D eigenvalue weighted by molar-refractivity contribution is -0.118. The highest BCUT2D eigenvalue weighted by atomic mass is 32.2. The molecule has 0 aromatic heterocycles. The van der Waals surface area contributed by atoms with Gasteiger partial charge in [-0.3, -0.25) is 9.35 Å². The molecule has 6 nitrogen and oxygen atoms in total. The van der Waals surface area contributed by atoms with E-state index < -0.39 is 27.8 Å². The van der Waals surface area contributed by atoms with Crippen LogP contribution < -0.4 is 11.5 Å². The molecular formula is C3H8N2O4S. The third kappa shape index (κ3) is 4.24. The smallest absolute Gasteiger partial charge is 0.266 e. The van der Waals surface area contributed by atoms with Crippen LogP contribution in [0.5, 0.6) is 0 Å². The molecule has 0 aliphatic rings. The van der Waals surface area contributed by atoms with Gasteiger partial charge in [-0.05, 0) is 0 Å². The normalized spacial score (nSPS) is 14.6. The van der Waals surface area contributed by atoms with Crippen molar-refractivity contribution in [3.63, 3.8) is 0 Å². The van der Waals surface area contributed by atoms with Gasteiger partial charge in [0.1, 0.15) is 6.04 Å². The Bertz CT molecular complexity index is 221. The first kappa shape index (κ1) is 9.34. The molecule has 0 fully saturated rings. The van der Waals surface area contributed by atoms with Gasteiger partial charge in [0.15, 0.2) is 0 Å². The molecular weight excluding hydrogens is 160 g/mol. The third-order valence-electron chi connectivity index (χ3n) is 0.756. The minimum Gasteiger partial charge on any atom is -0.368 e. The van der Waals surface area contributed by atoms with E-state index in [-0.39, 0.29) is 0 Å². The second-order valence-electron chi connectivity index (χ2n) is 1.76. The quantitative estimate of drug-likeness (QED) is 0.408. The van der Waals surface area contributed by atoms with Crippen molar-refractivity contribution in [3.8, 4) is 0 Å². The molecule has 0 heterocycles. The first-order valence-corrected chi connectivity index (χ1v) is 3.94. The summed E-state index contributed by atoms with van der Waals surface area (Å²) in [5.74, 6) is -1.79. The van der Waals surface area contributed by atoms with Gasteiger partial charge in [0.05, 0.1) is 5.75 Å². The molecule has 0 radical (unpaired) electrons. The molecule has 0 unspecified atom stereocenters. The first-order valence-electron chi connectivity index (χ1n) is 2.33. The average molecular weight is 168 g/mol. The van der Waals surface area contributed by atoms with E-state index in [1.807, 2.05) is 0 Å². The van der Waals surface area contributed by atoms with E-state index in [4.69, 9.17) is 10.3 Å². The molecule has 0 saturated heterocycles. The van der Waals surface area contributed by atoms with E-state index in [1.165, 1.54) is 0 Å². The molecule has 10 heavy (non-hydrogen) atoms. The van der Waals surface area contributed by atoms with Gasteiger partial charge in [0.2, 0.25) is 5.91 Å². The zero-order valence-corrected chi connectivity index (χ0v) is 5.84. The zero-order chi connectivity index (χ0) is 8.36. The lowest BCUT2D eigenvalue weighted by Gasteiger charge is -2.02. The van der Waals surface area contributed by atoms with Gasteiger partial charge in [-0.1, -0.05) is 0 Å². The van der Waals surface area contributed by atoms with Gasteiger partial charge >= 0.3 is 0 Å². The fraction of sp³-hybridized carbons (Fsp3) is 0.667. The number of hydrogen-bond donors (Lipinski definition) is 3. The fourth-order valence-electron chi connectivity index (χ4n) is 0.309. The maximum atomic E-state index is 10.1. The van der Waals surface area contributed by atoms with Gasteiger partial charge < -0.3 is 11.5 Å². The van der Waals surface area contributed by atoms with Crippen LogP contribution in [0.4, 0.5) is 0 Å². The van der Waals surface area contributed by atoms with Crippen LogP contribution in [0, 0.1) is 0 Å². The number of rotatable bonds is 3. The van der Waals surface area contributed by atoms with Gasteiger partial charge in [-0.25, -0.2) is 0 Å². The summed E-state index contributed by atoms with van der Waals surface area (Å²) in [6.45, 7) is 0. The highest BCUT2D eigenvalue weighted by Gasteiger charge is 2.16. The van der Waals surface area contributed by atoms with Gasteiger partial charge in [0, 0.05) is 0 Å². The molecule has 60 valence electrons. The molecule has 0 bridgehead atoms. The molecule has 1 amide bonds. The summed E-state index contributed by atoms with van der Waals surface area (Å²) < 4.78 is 28.1. The monoisotopic (exact) mass is 168 g/mol. The SMILES string of the molecule is NC(=O)[C@H](N)CS(=O)(=O)O. The number of primary amides is 1. The van der Waals surface area contributed by atoms with Crippen molar-refractivity contribution in [2.24, 2.45) is 11.5 Å². The Morgan fingerprint density at radius 1 is 1.60 bits per heavy atom. The van der Waals surface area contributed by atoms with Gasteiger partial charge in [-0.2, -0.15) is 8.42 Å². The van der Waals surface area contributed by atoms with Crippen LogP contribution in [-0.2, 0) is 14.9 Å². The van der Waals surface area contributed by atoms with Crippen molar-refractivity contribution in [3.05, 3.63) is 0 Å². The number of carbonyl (C=O) groups is 1. The van der Waals surface area contributed by atoms with Crippen LogP contribution in [0.2, 0.25) is 0 Å². The molecule has 0 aromatic rings. The van der Waals surface area contributed by atoms with Crippen LogP contribution in [0.3, 0.4) is 0 Å². The van der Waals surface area contributed by atoms with E-state index in [0.717, 1.165) is 0 Å². The Balaban J connectivity index is 4.06. The maximum Gasteiger partial charge on any atom is 0.266 e. The predicted octanol–water partition coefficient (Wildman–Crippen LogP) is -2.31. The number of carbonyl (C=O) groups excluding carboxylic acids is 1. The molecule has 7 heteroatoms. The van der Waals surface area contributed by atoms with Crippen molar-refractivity contribution in [1.82, 2.24) is 0 Å². The van der Waals surface area contributed by atoms with Crippen molar-refractivity contribution < 1.29 is 17.8 Å². The van der Waals surface area contributed by atoms with E-state index >= 15 is 0 Å². The minimum absolute atomic E-state index is 0.831. The second-order valence-corrected chi connectivity index (χ2v) is 3.25. The largest absolute Gasteiger partial charge is 0.368 e. The van der Waals surface area contributed by atoms with Crippen molar-refractivity contribution >= 4 is 16.0 Å². The Morgan fingerprint density at radius 3 is 2.10 bits per heavy atom. The lowest BCUT2D eigenvalue weighted by Crippen LogP contribution is -2.41. The van der Waals surface area contributed by atoms with Crippen LogP contribution in [0.25, 0.3) is 0 Å². The summed E-state index contributed by atoms with van der Waals surface area (Å²) in [5.41, 5.74) is 9.49. The highest BCUT2D eigenvalue weighted by Crippen LogP contribution is 1.85. The van der Waals surface area contributed by atoms with Crippen molar-refractivity contribution in [2.75, 3.05) is 5.75 Å². The molecule has 0 aliphatic heterocycles. The summed E-state index contributed by atoms with van der Waals surface area (Å²) in [6.07, 6.45) is 0.